The minimum atomic E-state index is 0.579. The Balaban J connectivity index is 1.20. The maximum absolute atomic E-state index is 6.87. The molecule has 254 valence electrons. The summed E-state index contributed by atoms with van der Waals surface area (Å²) in [5.41, 5.74) is 13.0. The zero-order valence-corrected chi connectivity index (χ0v) is 28.9. The summed E-state index contributed by atoms with van der Waals surface area (Å²) in [6.07, 6.45) is 0. The first-order valence-corrected chi connectivity index (χ1v) is 18.0. The molecule has 0 fully saturated rings. The van der Waals surface area contributed by atoms with E-state index in [2.05, 4.69) is 126 Å². The molecular formula is C49H30N2O3. The van der Waals surface area contributed by atoms with Gasteiger partial charge in [-0.3, -0.25) is 0 Å². The van der Waals surface area contributed by atoms with E-state index in [0.717, 1.165) is 94.3 Å². The first kappa shape index (κ1) is 30.3. The minimum absolute atomic E-state index is 0.579. The van der Waals surface area contributed by atoms with E-state index < -0.39 is 0 Å². The predicted octanol–water partition coefficient (Wildman–Crippen LogP) is 14.1. The van der Waals surface area contributed by atoms with Crippen LogP contribution in [0.2, 0.25) is 0 Å². The lowest BCUT2D eigenvalue weighted by atomic mass is 9.93. The van der Waals surface area contributed by atoms with E-state index in [-0.39, 0.29) is 0 Å². The molecule has 0 radical (unpaired) electrons. The second kappa shape index (κ2) is 12.1. The fraction of sp³-hybridized carbons (Fsp3) is 0. The van der Waals surface area contributed by atoms with Crippen molar-refractivity contribution in [2.75, 3.05) is 4.90 Å². The zero-order chi connectivity index (χ0) is 35.6. The van der Waals surface area contributed by atoms with Crippen LogP contribution in [0.15, 0.2) is 195 Å². The van der Waals surface area contributed by atoms with Crippen molar-refractivity contribution < 1.29 is 13.3 Å². The summed E-state index contributed by atoms with van der Waals surface area (Å²) in [7, 11) is 0. The van der Waals surface area contributed by atoms with Gasteiger partial charge in [0.2, 0.25) is 5.89 Å². The van der Waals surface area contributed by atoms with Gasteiger partial charge in [0.25, 0.3) is 0 Å². The first-order chi connectivity index (χ1) is 26.8. The molecule has 0 atom stereocenters. The SMILES string of the molecule is c1ccc(-c2nc3c(ccc4oc5c(N(c6ccc(-c7ccccc7)c(-c7ccccc7)c6)c6cccc7oc8ccccc8c67)cccc5c43)o2)cc1. The molecule has 5 heteroatoms. The summed E-state index contributed by atoms with van der Waals surface area (Å²) in [4.78, 5) is 7.33. The van der Waals surface area contributed by atoms with Gasteiger partial charge in [-0.1, -0.05) is 121 Å². The van der Waals surface area contributed by atoms with Crippen molar-refractivity contribution in [2.24, 2.45) is 0 Å². The molecule has 54 heavy (non-hydrogen) atoms. The number of fused-ring (bicyclic) bond motifs is 8. The monoisotopic (exact) mass is 694 g/mol. The standard InChI is InChI=1S/C49H30N2O3/c1-4-14-31(15-5-1)35-27-26-34(30-38(35)32-16-6-2-7-17-32)51(39-22-13-25-42-45(39)36-20-10-11-24-41(36)52-42)40-23-12-21-37-46-43(53-48(37)40)28-29-44-47(46)50-49(54-44)33-18-8-3-9-19-33/h1-30H. The highest BCUT2D eigenvalue weighted by Crippen LogP contribution is 2.48. The molecule has 0 saturated carbocycles. The molecule has 0 bridgehead atoms. The molecule has 0 aliphatic carbocycles. The van der Waals surface area contributed by atoms with Crippen LogP contribution in [0.25, 0.3) is 88.7 Å². The van der Waals surface area contributed by atoms with Gasteiger partial charge in [0.1, 0.15) is 22.3 Å². The molecule has 5 nitrogen and oxygen atoms in total. The highest BCUT2D eigenvalue weighted by atomic mass is 16.4. The van der Waals surface area contributed by atoms with Gasteiger partial charge in [0.05, 0.1) is 22.1 Å². The van der Waals surface area contributed by atoms with Gasteiger partial charge in [-0.2, -0.15) is 0 Å². The third-order valence-corrected chi connectivity index (χ3v) is 10.3. The Kier molecular flexibility index (Phi) is 6.79. The molecule has 0 amide bonds. The van der Waals surface area contributed by atoms with E-state index in [0.29, 0.717) is 11.5 Å². The van der Waals surface area contributed by atoms with Crippen LogP contribution in [0.1, 0.15) is 0 Å². The van der Waals surface area contributed by atoms with Gasteiger partial charge < -0.3 is 18.2 Å². The van der Waals surface area contributed by atoms with Crippen LogP contribution in [-0.4, -0.2) is 4.98 Å². The van der Waals surface area contributed by atoms with E-state index in [1.54, 1.807) is 0 Å². The van der Waals surface area contributed by atoms with Crippen LogP contribution < -0.4 is 4.90 Å². The maximum atomic E-state index is 6.87. The summed E-state index contributed by atoms with van der Waals surface area (Å²) in [6, 6.07) is 62.7. The summed E-state index contributed by atoms with van der Waals surface area (Å²) in [6.45, 7) is 0. The van der Waals surface area contributed by atoms with Crippen LogP contribution in [0.5, 0.6) is 0 Å². The van der Waals surface area contributed by atoms with Crippen LogP contribution in [-0.2, 0) is 0 Å². The van der Waals surface area contributed by atoms with Crippen molar-refractivity contribution in [3.8, 4) is 33.7 Å². The molecule has 0 spiro atoms. The summed E-state index contributed by atoms with van der Waals surface area (Å²) in [5, 5.41) is 3.96. The van der Waals surface area contributed by atoms with Gasteiger partial charge in [0, 0.05) is 22.0 Å². The molecule has 0 unspecified atom stereocenters. The number of benzene rings is 8. The second-order valence-electron chi connectivity index (χ2n) is 13.5. The Bertz CT molecular complexity index is 3160. The molecule has 0 saturated heterocycles. The number of anilines is 3. The van der Waals surface area contributed by atoms with E-state index in [1.165, 1.54) is 0 Å². The van der Waals surface area contributed by atoms with E-state index in [1.807, 2.05) is 60.7 Å². The zero-order valence-electron chi connectivity index (χ0n) is 28.9. The Hall–Kier alpha value is -7.37. The molecule has 0 aliphatic heterocycles. The third kappa shape index (κ3) is 4.76. The number of aromatic nitrogens is 1. The van der Waals surface area contributed by atoms with E-state index >= 15 is 0 Å². The average molecular weight is 695 g/mol. The highest BCUT2D eigenvalue weighted by Gasteiger charge is 2.25. The lowest BCUT2D eigenvalue weighted by molar-refractivity contribution is 0.619. The largest absolute Gasteiger partial charge is 0.456 e. The number of para-hydroxylation sites is 2. The van der Waals surface area contributed by atoms with Crippen molar-refractivity contribution in [1.82, 2.24) is 4.98 Å². The van der Waals surface area contributed by atoms with Crippen LogP contribution in [0.3, 0.4) is 0 Å². The van der Waals surface area contributed by atoms with Gasteiger partial charge >= 0.3 is 0 Å². The molecule has 3 heterocycles. The van der Waals surface area contributed by atoms with Crippen molar-refractivity contribution in [3.63, 3.8) is 0 Å². The van der Waals surface area contributed by atoms with E-state index in [4.69, 9.17) is 18.2 Å². The topological polar surface area (TPSA) is 55.6 Å². The molecule has 11 rings (SSSR count). The van der Waals surface area contributed by atoms with Gasteiger partial charge in [-0.15, -0.1) is 0 Å². The molecule has 11 aromatic rings. The Morgan fingerprint density at radius 3 is 1.80 bits per heavy atom. The minimum Gasteiger partial charge on any atom is -0.456 e. The van der Waals surface area contributed by atoms with Crippen LogP contribution >= 0.6 is 0 Å². The smallest absolute Gasteiger partial charge is 0.227 e. The second-order valence-corrected chi connectivity index (χ2v) is 13.5. The van der Waals surface area contributed by atoms with Crippen molar-refractivity contribution >= 4 is 72.0 Å². The number of rotatable bonds is 6. The average Bonchev–Trinajstić information content (AvgIpc) is 3.96. The van der Waals surface area contributed by atoms with Gasteiger partial charge in [-0.05, 0) is 82.9 Å². The molecule has 8 aromatic carbocycles. The number of nitrogens with zero attached hydrogens (tertiary/aromatic N) is 2. The fourth-order valence-electron chi connectivity index (χ4n) is 7.89. The Labute approximate surface area is 309 Å². The lowest BCUT2D eigenvalue weighted by Crippen LogP contribution is -2.11. The van der Waals surface area contributed by atoms with Gasteiger partial charge in [-0.25, -0.2) is 4.98 Å². The number of hydrogen-bond acceptors (Lipinski definition) is 5. The van der Waals surface area contributed by atoms with Gasteiger partial charge in [0.15, 0.2) is 11.2 Å². The normalized spacial score (nSPS) is 11.7. The van der Waals surface area contributed by atoms with E-state index in [9.17, 15) is 0 Å². The molecule has 0 aliphatic rings. The lowest BCUT2D eigenvalue weighted by Gasteiger charge is -2.27. The quantitative estimate of drug-likeness (QED) is 0.173. The number of hydrogen-bond donors (Lipinski definition) is 0. The molecule has 3 aromatic heterocycles. The van der Waals surface area contributed by atoms with Crippen molar-refractivity contribution in [2.45, 2.75) is 0 Å². The summed E-state index contributed by atoms with van der Waals surface area (Å²) < 4.78 is 19.6. The fourth-order valence-corrected chi connectivity index (χ4v) is 7.89. The number of furan rings is 2. The summed E-state index contributed by atoms with van der Waals surface area (Å²) in [5.74, 6) is 0.579. The maximum Gasteiger partial charge on any atom is 0.227 e. The van der Waals surface area contributed by atoms with Crippen LogP contribution in [0, 0.1) is 0 Å². The van der Waals surface area contributed by atoms with Crippen molar-refractivity contribution in [3.05, 3.63) is 182 Å². The van der Waals surface area contributed by atoms with Crippen LogP contribution in [0.4, 0.5) is 17.1 Å². The number of oxazole rings is 1. The third-order valence-electron chi connectivity index (χ3n) is 10.3. The molecular weight excluding hydrogens is 665 g/mol. The molecule has 0 N–H and O–H groups in total. The highest BCUT2D eigenvalue weighted by molar-refractivity contribution is 6.20. The predicted molar refractivity (Wildman–Crippen MR) is 220 cm³/mol. The summed E-state index contributed by atoms with van der Waals surface area (Å²) >= 11 is 0. The first-order valence-electron chi connectivity index (χ1n) is 18.0. The Morgan fingerprint density at radius 2 is 1.00 bits per heavy atom. The van der Waals surface area contributed by atoms with Crippen molar-refractivity contribution in [1.29, 1.82) is 0 Å². The Morgan fingerprint density at radius 1 is 0.389 bits per heavy atom.